The summed E-state index contributed by atoms with van der Waals surface area (Å²) in [5.41, 5.74) is 4.02. The average molecular weight is 285 g/mol. The molecule has 104 valence electrons. The topological polar surface area (TPSA) is 3.24 Å². The Balaban J connectivity index is 2.22. The first-order valence-corrected chi connectivity index (χ1v) is 10.7. The van der Waals surface area contributed by atoms with Crippen molar-refractivity contribution in [2.75, 3.05) is 14.1 Å². The molecule has 18 heavy (non-hydrogen) atoms. The number of nitrogens with zero attached hydrogens (tertiary/aromatic N) is 1. The van der Waals surface area contributed by atoms with Gasteiger partial charge in [0.2, 0.25) is 0 Å². The summed E-state index contributed by atoms with van der Waals surface area (Å²) in [5.74, 6) is 0. The number of hydrogen-bond donors (Lipinski definition) is 0. The maximum Gasteiger partial charge on any atom is 0.282 e. The molecular formula is C14H30BNP2. The Bertz CT molecular complexity index is 243. The molecule has 2 fully saturated rings. The minimum absolute atomic E-state index is 0.220. The summed E-state index contributed by atoms with van der Waals surface area (Å²) >= 11 is 0. The molecular weight excluding hydrogens is 255 g/mol. The van der Waals surface area contributed by atoms with Gasteiger partial charge in [-0.05, 0) is 62.4 Å². The SMILES string of the molecule is CC1CCC(C)P1B(N(C)C)P1C(C)CCC1C. The molecule has 0 N–H and O–H groups in total. The van der Waals surface area contributed by atoms with Crippen molar-refractivity contribution in [3.8, 4) is 0 Å². The Kier molecular flexibility index (Phi) is 5.19. The average Bonchev–Trinajstić information content (AvgIpc) is 2.78. The second-order valence-electron chi connectivity index (χ2n) is 6.76. The van der Waals surface area contributed by atoms with E-state index < -0.39 is 0 Å². The molecule has 4 unspecified atom stereocenters. The quantitative estimate of drug-likeness (QED) is 0.539. The van der Waals surface area contributed by atoms with Gasteiger partial charge in [-0.2, -0.15) is 0 Å². The van der Waals surface area contributed by atoms with Crippen molar-refractivity contribution in [1.29, 1.82) is 0 Å². The van der Waals surface area contributed by atoms with Crippen LogP contribution in [-0.4, -0.2) is 47.8 Å². The van der Waals surface area contributed by atoms with Crippen molar-refractivity contribution >= 4 is 21.9 Å². The molecule has 0 radical (unpaired) electrons. The summed E-state index contributed by atoms with van der Waals surface area (Å²) in [6.07, 6.45) is 6.90. The lowest BCUT2D eigenvalue weighted by molar-refractivity contribution is 0.666. The summed E-state index contributed by atoms with van der Waals surface area (Å²) < 4.78 is 0. The molecule has 2 rings (SSSR count). The lowest BCUT2D eigenvalue weighted by Gasteiger charge is -2.40. The van der Waals surface area contributed by atoms with Crippen molar-refractivity contribution in [2.24, 2.45) is 0 Å². The highest BCUT2D eigenvalue weighted by atomic mass is 31.2. The van der Waals surface area contributed by atoms with Crippen molar-refractivity contribution in [1.82, 2.24) is 4.81 Å². The molecule has 0 aromatic carbocycles. The van der Waals surface area contributed by atoms with Gasteiger partial charge in [-0.15, -0.1) is 15.6 Å². The summed E-state index contributed by atoms with van der Waals surface area (Å²) in [5, 5.41) is 0. The van der Waals surface area contributed by atoms with E-state index in [1.54, 1.807) is 0 Å². The summed E-state index contributed by atoms with van der Waals surface area (Å²) in [7, 11) is 5.14. The molecule has 0 spiro atoms. The highest BCUT2D eigenvalue weighted by Crippen LogP contribution is 2.70. The van der Waals surface area contributed by atoms with Crippen LogP contribution in [0.3, 0.4) is 0 Å². The van der Waals surface area contributed by atoms with E-state index in [9.17, 15) is 0 Å². The molecule has 2 aliphatic heterocycles. The van der Waals surface area contributed by atoms with Gasteiger partial charge in [0.1, 0.15) is 0 Å². The lowest BCUT2D eigenvalue weighted by atomic mass is 10.2. The maximum absolute atomic E-state index is 2.62. The van der Waals surface area contributed by atoms with Crippen LogP contribution in [0, 0.1) is 0 Å². The first-order valence-electron chi connectivity index (χ1n) is 7.64. The predicted octanol–water partition coefficient (Wildman–Crippen LogP) is 4.64. The molecule has 2 heterocycles. The van der Waals surface area contributed by atoms with Crippen LogP contribution >= 0.6 is 15.6 Å². The van der Waals surface area contributed by atoms with Crippen LogP contribution in [0.2, 0.25) is 0 Å². The molecule has 0 aliphatic carbocycles. The minimum atomic E-state index is 0.220. The van der Waals surface area contributed by atoms with Gasteiger partial charge in [0, 0.05) is 0 Å². The van der Waals surface area contributed by atoms with Crippen LogP contribution in [0.25, 0.3) is 0 Å². The standard InChI is InChI=1S/C14H30BNP2/c1-11-7-8-12(2)17(11)15(16(5)6)18-13(3)9-10-14(18)4/h11-14H,7-10H2,1-6H3. The van der Waals surface area contributed by atoms with E-state index in [4.69, 9.17) is 0 Å². The summed E-state index contributed by atoms with van der Waals surface area (Å²) in [6.45, 7) is 10.1. The van der Waals surface area contributed by atoms with E-state index in [2.05, 4.69) is 46.6 Å². The first kappa shape index (κ1) is 15.3. The van der Waals surface area contributed by atoms with Gasteiger partial charge in [-0.25, -0.2) is 0 Å². The highest BCUT2D eigenvalue weighted by molar-refractivity contribution is 8.20. The zero-order valence-corrected chi connectivity index (χ0v) is 14.8. The minimum Gasteiger partial charge on any atom is -0.340 e. The molecule has 2 aliphatic rings. The van der Waals surface area contributed by atoms with E-state index in [1.807, 2.05) is 0 Å². The van der Waals surface area contributed by atoms with Crippen LogP contribution in [0.5, 0.6) is 0 Å². The van der Waals surface area contributed by atoms with Crippen LogP contribution in [0.15, 0.2) is 0 Å². The summed E-state index contributed by atoms with van der Waals surface area (Å²) in [4.78, 5) is 2.62. The van der Waals surface area contributed by atoms with Crippen LogP contribution < -0.4 is 0 Å². The van der Waals surface area contributed by atoms with Crippen molar-refractivity contribution in [3.63, 3.8) is 0 Å². The predicted molar refractivity (Wildman–Crippen MR) is 89.6 cm³/mol. The molecule has 4 atom stereocenters. The fourth-order valence-corrected chi connectivity index (χ4v) is 14.4. The monoisotopic (exact) mass is 285 g/mol. The molecule has 4 heteroatoms. The smallest absolute Gasteiger partial charge is 0.282 e. The van der Waals surface area contributed by atoms with E-state index in [-0.39, 0.29) is 15.6 Å². The van der Waals surface area contributed by atoms with Crippen LogP contribution in [0.4, 0.5) is 0 Å². The van der Waals surface area contributed by atoms with Crippen molar-refractivity contribution in [2.45, 2.75) is 76.0 Å². The molecule has 0 saturated carbocycles. The molecule has 1 nitrogen and oxygen atoms in total. The second-order valence-corrected chi connectivity index (χ2v) is 13.5. The van der Waals surface area contributed by atoms with Gasteiger partial charge in [0.15, 0.2) is 0 Å². The van der Waals surface area contributed by atoms with Gasteiger partial charge in [0.25, 0.3) is 6.29 Å². The fraction of sp³-hybridized carbons (Fsp3) is 1.00. The first-order chi connectivity index (χ1) is 8.43. The summed E-state index contributed by atoms with van der Waals surface area (Å²) in [6, 6.07) is 0. The number of hydrogen-bond acceptors (Lipinski definition) is 1. The molecule has 0 amide bonds. The fourth-order valence-electron chi connectivity index (χ4n) is 4.03. The van der Waals surface area contributed by atoms with Gasteiger partial charge in [0.05, 0.1) is 0 Å². The van der Waals surface area contributed by atoms with Crippen LogP contribution in [-0.2, 0) is 0 Å². The van der Waals surface area contributed by atoms with E-state index in [1.165, 1.54) is 25.7 Å². The maximum atomic E-state index is 2.62. The third kappa shape index (κ3) is 2.82. The van der Waals surface area contributed by atoms with Gasteiger partial charge in [-0.3, -0.25) is 0 Å². The Morgan fingerprint density at radius 1 is 0.722 bits per heavy atom. The second kappa shape index (κ2) is 6.11. The molecule has 0 bridgehead atoms. The Labute approximate surface area is 117 Å². The molecule has 2 saturated heterocycles. The Morgan fingerprint density at radius 3 is 1.22 bits per heavy atom. The zero-order chi connectivity index (χ0) is 13.4. The van der Waals surface area contributed by atoms with Crippen LogP contribution in [0.1, 0.15) is 53.4 Å². The van der Waals surface area contributed by atoms with Gasteiger partial charge in [-0.1, -0.05) is 27.7 Å². The van der Waals surface area contributed by atoms with E-state index in [0.717, 1.165) is 28.9 Å². The Morgan fingerprint density at radius 2 is 1.00 bits per heavy atom. The third-order valence-electron chi connectivity index (χ3n) is 5.04. The van der Waals surface area contributed by atoms with Crippen molar-refractivity contribution in [3.05, 3.63) is 0 Å². The largest absolute Gasteiger partial charge is 0.340 e. The molecule has 0 aromatic heterocycles. The third-order valence-corrected chi connectivity index (χ3v) is 13.7. The van der Waals surface area contributed by atoms with E-state index >= 15 is 0 Å². The van der Waals surface area contributed by atoms with E-state index in [0.29, 0.717) is 0 Å². The van der Waals surface area contributed by atoms with Gasteiger partial charge >= 0.3 is 0 Å². The lowest BCUT2D eigenvalue weighted by Crippen LogP contribution is -2.36. The highest BCUT2D eigenvalue weighted by Gasteiger charge is 2.48. The molecule has 0 aromatic rings. The Hall–Kier alpha value is 0.885. The van der Waals surface area contributed by atoms with Crippen molar-refractivity contribution < 1.29 is 0 Å². The number of rotatable bonds is 3. The normalized spacial score (nSPS) is 44.8. The van der Waals surface area contributed by atoms with Gasteiger partial charge < -0.3 is 4.81 Å². The zero-order valence-electron chi connectivity index (χ0n) is 13.1.